The average molecular weight is 274 g/mol. The first-order valence-electron chi connectivity index (χ1n) is 5.68. The maximum absolute atomic E-state index is 10.9. The summed E-state index contributed by atoms with van der Waals surface area (Å²) < 4.78 is 5.30. The zero-order valence-electron chi connectivity index (χ0n) is 10.4. The molecule has 0 aromatic heterocycles. The Balaban J connectivity index is 2.40. The number of para-hydroxylation sites is 2. The Hall–Kier alpha value is -2.14. The second-order valence-corrected chi connectivity index (χ2v) is 4.87. The van der Waals surface area contributed by atoms with Crippen LogP contribution in [0.1, 0.15) is 6.92 Å². The van der Waals surface area contributed by atoms with Crippen molar-refractivity contribution in [2.24, 2.45) is 0 Å². The molecule has 0 bridgehead atoms. The van der Waals surface area contributed by atoms with E-state index in [0.717, 1.165) is 23.2 Å². The topological polar surface area (TPSA) is 78.3 Å². The van der Waals surface area contributed by atoms with Gasteiger partial charge in [0.2, 0.25) is 5.12 Å². The lowest BCUT2D eigenvalue weighted by molar-refractivity contribution is -0.109. The highest BCUT2D eigenvalue weighted by molar-refractivity contribution is 8.09. The van der Waals surface area contributed by atoms with Crippen LogP contribution in [-0.2, 0) is 4.79 Å². The Labute approximate surface area is 116 Å². The van der Waals surface area contributed by atoms with E-state index in [-0.39, 0.29) is 5.12 Å². The molecule has 0 atom stereocenters. The second-order valence-electron chi connectivity index (χ2n) is 3.96. The van der Waals surface area contributed by atoms with Gasteiger partial charge in [0.05, 0.1) is 5.69 Å². The first kappa shape index (κ1) is 13.3. The molecule has 0 aliphatic rings. The predicted molar refractivity (Wildman–Crippen MR) is 79.6 cm³/mol. The molecule has 0 spiro atoms. The number of rotatable bonds is 3. The van der Waals surface area contributed by atoms with Crippen LogP contribution in [0.25, 0.3) is 11.1 Å². The summed E-state index contributed by atoms with van der Waals surface area (Å²) in [6.07, 6.45) is 0. The van der Waals surface area contributed by atoms with Crippen LogP contribution in [0.2, 0.25) is 0 Å². The van der Waals surface area contributed by atoms with Gasteiger partial charge in [-0.3, -0.25) is 4.79 Å². The molecule has 0 aliphatic heterocycles. The molecule has 0 saturated carbocycles. The van der Waals surface area contributed by atoms with Crippen LogP contribution in [0.5, 0.6) is 5.75 Å². The number of hydrogen-bond donors (Lipinski definition) is 2. The van der Waals surface area contributed by atoms with Gasteiger partial charge in [0, 0.05) is 23.7 Å². The Kier molecular flexibility index (Phi) is 3.97. The monoisotopic (exact) mass is 274 g/mol. The van der Waals surface area contributed by atoms with Gasteiger partial charge in [-0.05, 0) is 12.1 Å². The Bertz CT molecular complexity index is 614. The summed E-state index contributed by atoms with van der Waals surface area (Å²) in [6, 6.07) is 12.9. The summed E-state index contributed by atoms with van der Waals surface area (Å²) in [5.41, 5.74) is 14.8. The van der Waals surface area contributed by atoms with Gasteiger partial charge in [-0.15, -0.1) is 0 Å². The minimum atomic E-state index is -0.135. The molecule has 0 unspecified atom stereocenters. The van der Waals surface area contributed by atoms with Gasteiger partial charge < -0.3 is 15.7 Å². The lowest BCUT2D eigenvalue weighted by Crippen LogP contribution is -1.97. The number of nitrogen functional groups attached to an aromatic ring is 2. The lowest BCUT2D eigenvalue weighted by Gasteiger charge is -2.12. The van der Waals surface area contributed by atoms with Crippen LogP contribution in [-0.4, -0.2) is 5.12 Å². The molecule has 2 rings (SSSR count). The maximum atomic E-state index is 10.9. The van der Waals surface area contributed by atoms with E-state index in [1.54, 1.807) is 6.07 Å². The normalized spacial score (nSPS) is 10.2. The standard InChI is InChI=1S/C14H14N2O2S/c1-9(17)19-18-13-8-4-6-11(14(13)16)10-5-2-3-7-12(10)15/h2-8H,15-16H2,1H3. The predicted octanol–water partition coefficient (Wildman–Crippen LogP) is 3.09. The van der Waals surface area contributed by atoms with E-state index in [4.69, 9.17) is 15.7 Å². The number of benzene rings is 2. The van der Waals surface area contributed by atoms with Crippen molar-refractivity contribution in [2.75, 3.05) is 11.5 Å². The Morgan fingerprint density at radius 3 is 2.42 bits per heavy atom. The molecule has 0 saturated heterocycles. The number of hydrogen-bond acceptors (Lipinski definition) is 5. The largest absolute Gasteiger partial charge is 0.415 e. The summed E-state index contributed by atoms with van der Waals surface area (Å²) in [4.78, 5) is 10.9. The highest BCUT2D eigenvalue weighted by Crippen LogP contribution is 2.37. The molecule has 19 heavy (non-hydrogen) atoms. The van der Waals surface area contributed by atoms with Gasteiger partial charge in [-0.25, -0.2) is 0 Å². The van der Waals surface area contributed by atoms with Crippen molar-refractivity contribution in [2.45, 2.75) is 6.92 Å². The summed E-state index contributed by atoms with van der Waals surface area (Å²) in [5.74, 6) is 0.459. The van der Waals surface area contributed by atoms with Gasteiger partial charge in [0.1, 0.15) is 12.0 Å². The molecule has 2 aromatic carbocycles. The van der Waals surface area contributed by atoms with Crippen molar-refractivity contribution in [3.05, 3.63) is 42.5 Å². The number of carbonyl (C=O) groups is 1. The van der Waals surface area contributed by atoms with Gasteiger partial charge in [0.15, 0.2) is 5.75 Å². The van der Waals surface area contributed by atoms with Gasteiger partial charge in [0.25, 0.3) is 0 Å². The third-order valence-corrected chi connectivity index (χ3v) is 3.06. The van der Waals surface area contributed by atoms with Crippen LogP contribution < -0.4 is 15.7 Å². The first-order chi connectivity index (χ1) is 9.09. The van der Waals surface area contributed by atoms with Crippen molar-refractivity contribution in [1.82, 2.24) is 0 Å². The highest BCUT2D eigenvalue weighted by atomic mass is 32.2. The summed E-state index contributed by atoms with van der Waals surface area (Å²) in [6.45, 7) is 1.43. The van der Waals surface area contributed by atoms with Crippen molar-refractivity contribution in [3.8, 4) is 16.9 Å². The van der Waals surface area contributed by atoms with E-state index < -0.39 is 0 Å². The maximum Gasteiger partial charge on any atom is 0.224 e. The number of nitrogens with two attached hydrogens (primary N) is 2. The van der Waals surface area contributed by atoms with E-state index in [2.05, 4.69) is 0 Å². The third kappa shape index (κ3) is 3.00. The number of carbonyl (C=O) groups excluding carboxylic acids is 1. The molecule has 0 radical (unpaired) electrons. The SMILES string of the molecule is CC(=O)SOc1cccc(-c2ccccc2N)c1N. The van der Waals surface area contributed by atoms with Gasteiger partial charge in [-0.2, -0.15) is 0 Å². The molecule has 4 nitrogen and oxygen atoms in total. The zero-order chi connectivity index (χ0) is 13.8. The minimum absolute atomic E-state index is 0.135. The van der Waals surface area contributed by atoms with E-state index in [1.807, 2.05) is 36.4 Å². The average Bonchev–Trinajstić information content (AvgIpc) is 2.38. The summed E-state index contributed by atoms with van der Waals surface area (Å²) in [7, 11) is 0. The van der Waals surface area contributed by atoms with Crippen LogP contribution >= 0.6 is 12.0 Å². The molecule has 5 heteroatoms. The Morgan fingerprint density at radius 1 is 1.05 bits per heavy atom. The van der Waals surface area contributed by atoms with E-state index in [1.165, 1.54) is 6.92 Å². The zero-order valence-corrected chi connectivity index (χ0v) is 11.2. The fourth-order valence-corrected chi connectivity index (χ4v) is 2.05. The van der Waals surface area contributed by atoms with Gasteiger partial charge >= 0.3 is 0 Å². The van der Waals surface area contributed by atoms with Crippen molar-refractivity contribution in [1.29, 1.82) is 0 Å². The molecule has 98 valence electrons. The van der Waals surface area contributed by atoms with Gasteiger partial charge in [-0.1, -0.05) is 30.3 Å². The number of anilines is 2. The quantitative estimate of drug-likeness (QED) is 0.664. The highest BCUT2D eigenvalue weighted by Gasteiger charge is 2.11. The molecule has 0 amide bonds. The van der Waals surface area contributed by atoms with Crippen LogP contribution in [0, 0.1) is 0 Å². The van der Waals surface area contributed by atoms with Crippen molar-refractivity contribution in [3.63, 3.8) is 0 Å². The van der Waals surface area contributed by atoms with Crippen LogP contribution in [0.3, 0.4) is 0 Å². The first-order valence-corrected chi connectivity index (χ1v) is 6.42. The third-order valence-electron chi connectivity index (χ3n) is 2.57. The van der Waals surface area contributed by atoms with Crippen LogP contribution in [0.4, 0.5) is 11.4 Å². The Morgan fingerprint density at radius 2 is 1.74 bits per heavy atom. The fraction of sp³-hybridized carbons (Fsp3) is 0.0714. The molecule has 0 fully saturated rings. The van der Waals surface area contributed by atoms with Crippen molar-refractivity contribution >= 4 is 28.5 Å². The lowest BCUT2D eigenvalue weighted by atomic mass is 10.0. The second kappa shape index (κ2) is 5.67. The molecular formula is C14H14N2O2S. The van der Waals surface area contributed by atoms with E-state index >= 15 is 0 Å². The fourth-order valence-electron chi connectivity index (χ4n) is 1.70. The molecule has 0 aliphatic carbocycles. The van der Waals surface area contributed by atoms with Crippen molar-refractivity contribution < 1.29 is 8.98 Å². The summed E-state index contributed by atoms with van der Waals surface area (Å²) >= 11 is 0.756. The van der Waals surface area contributed by atoms with E-state index in [0.29, 0.717) is 17.1 Å². The molecule has 2 aromatic rings. The molecule has 0 heterocycles. The molecular weight excluding hydrogens is 260 g/mol. The van der Waals surface area contributed by atoms with Crippen LogP contribution in [0.15, 0.2) is 42.5 Å². The minimum Gasteiger partial charge on any atom is -0.415 e. The van der Waals surface area contributed by atoms with E-state index in [9.17, 15) is 4.79 Å². The summed E-state index contributed by atoms with van der Waals surface area (Å²) in [5, 5.41) is -0.135. The smallest absolute Gasteiger partial charge is 0.224 e. The molecule has 4 N–H and O–H groups in total.